The Labute approximate surface area is 73.3 Å². The standard InChI is InChI=1S/C10H13Cl/c1-3-10(2)6-4-9(8-11)5-7-10/h3-6H,1,7-8H2,2H3/t10-/m1/s1. The maximum absolute atomic E-state index is 5.67. The fourth-order valence-electron chi connectivity index (χ4n) is 1.03. The number of hydrogen-bond acceptors (Lipinski definition) is 0. The smallest absolute Gasteiger partial charge is 0.0470 e. The maximum atomic E-state index is 5.67. The molecule has 0 aromatic carbocycles. The van der Waals surface area contributed by atoms with Crippen molar-refractivity contribution < 1.29 is 0 Å². The van der Waals surface area contributed by atoms with Crippen LogP contribution in [0.5, 0.6) is 0 Å². The third-order valence-corrected chi connectivity index (χ3v) is 2.41. The summed E-state index contributed by atoms with van der Waals surface area (Å²) in [7, 11) is 0. The van der Waals surface area contributed by atoms with Gasteiger partial charge in [-0.05, 0) is 12.0 Å². The van der Waals surface area contributed by atoms with E-state index >= 15 is 0 Å². The van der Waals surface area contributed by atoms with E-state index in [9.17, 15) is 0 Å². The van der Waals surface area contributed by atoms with Gasteiger partial charge in [-0.3, -0.25) is 0 Å². The number of allylic oxidation sites excluding steroid dienone is 5. The molecular weight excluding hydrogens is 156 g/mol. The van der Waals surface area contributed by atoms with Gasteiger partial charge >= 0.3 is 0 Å². The van der Waals surface area contributed by atoms with Crippen molar-refractivity contribution in [2.24, 2.45) is 5.41 Å². The van der Waals surface area contributed by atoms with Gasteiger partial charge in [-0.15, -0.1) is 18.2 Å². The number of rotatable bonds is 2. The topological polar surface area (TPSA) is 0 Å². The van der Waals surface area contributed by atoms with Crippen LogP contribution < -0.4 is 0 Å². The summed E-state index contributed by atoms with van der Waals surface area (Å²) in [5.74, 6) is 0.615. The van der Waals surface area contributed by atoms with E-state index in [2.05, 4.69) is 31.7 Å². The molecule has 60 valence electrons. The number of halogens is 1. The predicted molar refractivity (Wildman–Crippen MR) is 50.9 cm³/mol. The van der Waals surface area contributed by atoms with Gasteiger partial charge in [0.25, 0.3) is 0 Å². The van der Waals surface area contributed by atoms with E-state index < -0.39 is 0 Å². The Kier molecular flexibility index (Phi) is 2.56. The van der Waals surface area contributed by atoms with Crippen molar-refractivity contribution in [1.82, 2.24) is 0 Å². The Bertz CT molecular complexity index is 213. The van der Waals surface area contributed by atoms with Gasteiger partial charge in [-0.25, -0.2) is 0 Å². The third kappa shape index (κ3) is 1.97. The molecule has 0 aromatic heterocycles. The number of hydrogen-bond donors (Lipinski definition) is 0. The third-order valence-electron chi connectivity index (χ3n) is 2.10. The predicted octanol–water partition coefficient (Wildman–Crippen LogP) is 3.30. The summed E-state index contributed by atoms with van der Waals surface area (Å²) in [5, 5.41) is 0. The first kappa shape index (κ1) is 8.61. The van der Waals surface area contributed by atoms with E-state index in [1.165, 1.54) is 5.57 Å². The highest BCUT2D eigenvalue weighted by atomic mass is 35.5. The molecule has 0 N–H and O–H groups in total. The van der Waals surface area contributed by atoms with Crippen molar-refractivity contribution in [2.75, 3.05) is 5.88 Å². The number of alkyl halides is 1. The molecule has 1 rings (SSSR count). The molecule has 0 fully saturated rings. The summed E-state index contributed by atoms with van der Waals surface area (Å²) in [6, 6.07) is 0. The van der Waals surface area contributed by atoms with Crippen LogP contribution in [0.1, 0.15) is 13.3 Å². The molecule has 0 bridgehead atoms. The monoisotopic (exact) mass is 168 g/mol. The molecule has 0 amide bonds. The van der Waals surface area contributed by atoms with Crippen LogP contribution in [0, 0.1) is 5.41 Å². The molecule has 0 saturated heterocycles. The van der Waals surface area contributed by atoms with E-state index in [0.717, 1.165) is 6.42 Å². The van der Waals surface area contributed by atoms with Gasteiger partial charge in [0.1, 0.15) is 0 Å². The summed E-state index contributed by atoms with van der Waals surface area (Å²) in [5.41, 5.74) is 1.36. The Morgan fingerprint density at radius 3 is 2.91 bits per heavy atom. The van der Waals surface area contributed by atoms with E-state index in [0.29, 0.717) is 5.88 Å². The van der Waals surface area contributed by atoms with Crippen molar-refractivity contribution in [3.05, 3.63) is 36.5 Å². The molecule has 0 aliphatic heterocycles. The van der Waals surface area contributed by atoms with E-state index in [-0.39, 0.29) is 5.41 Å². The van der Waals surface area contributed by atoms with E-state index in [4.69, 9.17) is 11.6 Å². The van der Waals surface area contributed by atoms with E-state index in [1.807, 2.05) is 6.08 Å². The zero-order valence-electron chi connectivity index (χ0n) is 6.81. The highest BCUT2D eigenvalue weighted by molar-refractivity contribution is 6.19. The van der Waals surface area contributed by atoms with Gasteiger partial charge in [0.15, 0.2) is 0 Å². The van der Waals surface area contributed by atoms with Crippen LogP contribution >= 0.6 is 11.6 Å². The SMILES string of the molecule is C=C[C@]1(C)C=CC(CCl)=CC1. The van der Waals surface area contributed by atoms with Crippen molar-refractivity contribution >= 4 is 11.6 Å². The molecule has 0 saturated carbocycles. The largest absolute Gasteiger partial charge is 0.122 e. The first-order valence-electron chi connectivity index (χ1n) is 3.78. The fourth-order valence-corrected chi connectivity index (χ4v) is 1.23. The van der Waals surface area contributed by atoms with Crippen molar-refractivity contribution in [1.29, 1.82) is 0 Å². The minimum Gasteiger partial charge on any atom is -0.122 e. The molecule has 1 aliphatic carbocycles. The fraction of sp³-hybridized carbons (Fsp3) is 0.400. The van der Waals surface area contributed by atoms with Crippen LogP contribution in [-0.2, 0) is 0 Å². The average molecular weight is 169 g/mol. The van der Waals surface area contributed by atoms with Gasteiger partial charge in [-0.1, -0.05) is 31.2 Å². The second-order valence-corrected chi connectivity index (χ2v) is 3.43. The van der Waals surface area contributed by atoms with Crippen LogP contribution in [0.3, 0.4) is 0 Å². The second-order valence-electron chi connectivity index (χ2n) is 3.16. The van der Waals surface area contributed by atoms with Crippen LogP contribution in [0.4, 0.5) is 0 Å². The van der Waals surface area contributed by atoms with Crippen LogP contribution in [0.2, 0.25) is 0 Å². The van der Waals surface area contributed by atoms with Crippen molar-refractivity contribution in [3.63, 3.8) is 0 Å². The molecule has 0 unspecified atom stereocenters. The lowest BCUT2D eigenvalue weighted by molar-refractivity contribution is 0.555. The zero-order chi connectivity index (χ0) is 8.32. The average Bonchev–Trinajstić information content (AvgIpc) is 2.06. The van der Waals surface area contributed by atoms with Gasteiger partial charge in [0, 0.05) is 11.3 Å². The summed E-state index contributed by atoms with van der Waals surface area (Å²) in [4.78, 5) is 0. The first-order chi connectivity index (χ1) is 5.20. The minimum absolute atomic E-state index is 0.148. The van der Waals surface area contributed by atoms with Crippen molar-refractivity contribution in [2.45, 2.75) is 13.3 Å². The lowest BCUT2D eigenvalue weighted by atomic mass is 9.82. The molecule has 1 heteroatoms. The molecule has 1 aliphatic rings. The Balaban J connectivity index is 2.70. The molecule has 0 radical (unpaired) electrons. The molecule has 11 heavy (non-hydrogen) atoms. The molecule has 1 atom stereocenters. The molecule has 0 spiro atoms. The molecular formula is C10H13Cl. The summed E-state index contributed by atoms with van der Waals surface area (Å²) >= 11 is 5.67. The minimum atomic E-state index is 0.148. The molecule has 0 aromatic rings. The Morgan fingerprint density at radius 1 is 1.82 bits per heavy atom. The lowest BCUT2D eigenvalue weighted by Crippen LogP contribution is -2.10. The second kappa shape index (κ2) is 3.27. The first-order valence-corrected chi connectivity index (χ1v) is 4.31. The summed E-state index contributed by atoms with van der Waals surface area (Å²) < 4.78 is 0. The van der Waals surface area contributed by atoms with Gasteiger partial charge in [0.05, 0.1) is 0 Å². The van der Waals surface area contributed by atoms with Crippen molar-refractivity contribution in [3.8, 4) is 0 Å². The quantitative estimate of drug-likeness (QED) is 0.439. The summed E-state index contributed by atoms with van der Waals surface area (Å²) in [6.07, 6.45) is 9.42. The van der Waals surface area contributed by atoms with Gasteiger partial charge in [-0.2, -0.15) is 0 Å². The van der Waals surface area contributed by atoms with Crippen LogP contribution in [0.25, 0.3) is 0 Å². The lowest BCUT2D eigenvalue weighted by Gasteiger charge is -2.23. The summed E-state index contributed by atoms with van der Waals surface area (Å²) in [6.45, 7) is 5.96. The van der Waals surface area contributed by atoms with Crippen LogP contribution in [0.15, 0.2) is 36.5 Å². The van der Waals surface area contributed by atoms with Crippen LogP contribution in [-0.4, -0.2) is 5.88 Å². The zero-order valence-corrected chi connectivity index (χ0v) is 7.56. The maximum Gasteiger partial charge on any atom is 0.0470 e. The normalized spacial score (nSPS) is 29.8. The highest BCUT2D eigenvalue weighted by Crippen LogP contribution is 2.30. The molecule has 0 heterocycles. The highest BCUT2D eigenvalue weighted by Gasteiger charge is 2.17. The molecule has 0 nitrogen and oxygen atoms in total. The van der Waals surface area contributed by atoms with Gasteiger partial charge in [0.2, 0.25) is 0 Å². The Hall–Kier alpha value is -0.490. The van der Waals surface area contributed by atoms with E-state index in [1.54, 1.807) is 0 Å². The Morgan fingerprint density at radius 2 is 2.55 bits per heavy atom. The van der Waals surface area contributed by atoms with Gasteiger partial charge < -0.3 is 0 Å².